The predicted octanol–water partition coefficient (Wildman–Crippen LogP) is 2.27. The van der Waals surface area contributed by atoms with Crippen LogP contribution in [-0.2, 0) is 19.6 Å². The molecule has 3 N–H and O–H groups in total. The summed E-state index contributed by atoms with van der Waals surface area (Å²) in [6, 6.07) is 10.3. The number of carbonyl (C=O) groups is 2. The summed E-state index contributed by atoms with van der Waals surface area (Å²) in [5.41, 5.74) is 1.69. The molecule has 0 aliphatic carbocycles. The van der Waals surface area contributed by atoms with Gasteiger partial charge in [0.15, 0.2) is 0 Å². The maximum Gasteiger partial charge on any atom is 0.244 e. The summed E-state index contributed by atoms with van der Waals surface area (Å²) in [6.07, 6.45) is 0. The molecular weight excluding hydrogens is 382 g/mol. The van der Waals surface area contributed by atoms with E-state index in [1.54, 1.807) is 43.3 Å². The van der Waals surface area contributed by atoms with Gasteiger partial charge in [-0.3, -0.25) is 9.59 Å². The molecule has 0 aromatic heterocycles. The van der Waals surface area contributed by atoms with Crippen molar-refractivity contribution in [1.29, 1.82) is 0 Å². The van der Waals surface area contributed by atoms with E-state index in [2.05, 4.69) is 15.4 Å². The fourth-order valence-electron chi connectivity index (χ4n) is 2.47. The zero-order chi connectivity index (χ0) is 20.9. The number of rotatable bonds is 7. The topological polar surface area (TPSA) is 114 Å². The molecule has 2 aromatic carbocycles. The molecule has 0 fully saturated rings. The predicted molar refractivity (Wildman–Crippen MR) is 107 cm³/mol. The van der Waals surface area contributed by atoms with Gasteiger partial charge in [-0.2, -0.15) is 4.72 Å². The minimum Gasteiger partial charge on any atom is -0.495 e. The fourth-order valence-corrected chi connectivity index (χ4v) is 3.93. The standard InChI is InChI=1S/C19H23N3O5S/c1-12-8-9-17(27-4)18(10-12)28(25,26)22-13(2)19(24)21-16-7-5-6-15(11-16)20-14(3)23/h5-11,13,22H,1-4H3,(H,20,23)(H,21,24)/t13-/m0/s1. The number of hydrogen-bond donors (Lipinski definition) is 3. The lowest BCUT2D eigenvalue weighted by molar-refractivity contribution is -0.117. The van der Waals surface area contributed by atoms with E-state index in [0.29, 0.717) is 11.4 Å². The Morgan fingerprint density at radius 1 is 1.04 bits per heavy atom. The monoisotopic (exact) mass is 405 g/mol. The summed E-state index contributed by atoms with van der Waals surface area (Å²) in [5, 5.41) is 5.23. The van der Waals surface area contributed by atoms with Crippen LogP contribution in [-0.4, -0.2) is 33.4 Å². The van der Waals surface area contributed by atoms with Crippen molar-refractivity contribution < 1.29 is 22.7 Å². The first-order chi connectivity index (χ1) is 13.1. The van der Waals surface area contributed by atoms with E-state index >= 15 is 0 Å². The molecule has 28 heavy (non-hydrogen) atoms. The Bertz CT molecular complexity index is 989. The van der Waals surface area contributed by atoms with E-state index in [1.807, 2.05) is 0 Å². The lowest BCUT2D eigenvalue weighted by Gasteiger charge is -2.16. The summed E-state index contributed by atoms with van der Waals surface area (Å²) >= 11 is 0. The number of benzene rings is 2. The van der Waals surface area contributed by atoms with Crippen molar-refractivity contribution in [3.05, 3.63) is 48.0 Å². The van der Waals surface area contributed by atoms with Crippen molar-refractivity contribution in [3.63, 3.8) is 0 Å². The van der Waals surface area contributed by atoms with Crippen molar-refractivity contribution in [3.8, 4) is 5.75 Å². The smallest absolute Gasteiger partial charge is 0.244 e. The number of hydrogen-bond acceptors (Lipinski definition) is 5. The maximum atomic E-state index is 12.7. The van der Waals surface area contributed by atoms with Crippen LogP contribution in [0.1, 0.15) is 19.4 Å². The van der Waals surface area contributed by atoms with Crippen LogP contribution in [0.3, 0.4) is 0 Å². The second-order valence-corrected chi connectivity index (χ2v) is 7.93. The molecule has 0 saturated carbocycles. The number of ether oxygens (including phenoxy) is 1. The number of sulfonamides is 1. The Morgan fingerprint density at radius 3 is 2.29 bits per heavy atom. The molecule has 150 valence electrons. The van der Waals surface area contributed by atoms with Gasteiger partial charge in [0.2, 0.25) is 21.8 Å². The minimum atomic E-state index is -3.98. The first kappa shape index (κ1) is 21.4. The summed E-state index contributed by atoms with van der Waals surface area (Å²) in [7, 11) is -2.60. The van der Waals surface area contributed by atoms with E-state index in [9.17, 15) is 18.0 Å². The summed E-state index contributed by atoms with van der Waals surface area (Å²) < 4.78 is 32.8. The van der Waals surface area contributed by atoms with Crippen molar-refractivity contribution in [1.82, 2.24) is 4.72 Å². The van der Waals surface area contributed by atoms with Gasteiger partial charge in [0.1, 0.15) is 10.6 Å². The van der Waals surface area contributed by atoms with Gasteiger partial charge in [0.25, 0.3) is 0 Å². The van der Waals surface area contributed by atoms with E-state index in [4.69, 9.17) is 4.74 Å². The average molecular weight is 405 g/mol. The molecule has 9 heteroatoms. The third kappa shape index (κ3) is 5.54. The van der Waals surface area contributed by atoms with Crippen LogP contribution in [0.15, 0.2) is 47.4 Å². The van der Waals surface area contributed by atoms with Gasteiger partial charge in [-0.15, -0.1) is 0 Å². The summed E-state index contributed by atoms with van der Waals surface area (Å²) in [5.74, 6) is -0.597. The number of amides is 2. The van der Waals surface area contributed by atoms with Crippen molar-refractivity contribution in [2.24, 2.45) is 0 Å². The molecule has 0 aliphatic rings. The highest BCUT2D eigenvalue weighted by Crippen LogP contribution is 2.25. The average Bonchev–Trinajstić information content (AvgIpc) is 2.61. The molecule has 0 spiro atoms. The molecule has 0 radical (unpaired) electrons. The first-order valence-corrected chi connectivity index (χ1v) is 9.96. The maximum absolute atomic E-state index is 12.7. The van der Waals surface area contributed by atoms with Crippen LogP contribution >= 0.6 is 0 Å². The van der Waals surface area contributed by atoms with Gasteiger partial charge < -0.3 is 15.4 Å². The molecule has 2 amide bonds. The Hall–Kier alpha value is -2.91. The van der Waals surface area contributed by atoms with E-state index < -0.39 is 22.0 Å². The van der Waals surface area contributed by atoms with Gasteiger partial charge in [0.05, 0.1) is 13.2 Å². The molecule has 1 atom stereocenters. The molecule has 0 saturated heterocycles. The van der Waals surface area contributed by atoms with Crippen LogP contribution in [0.25, 0.3) is 0 Å². The molecule has 0 aliphatic heterocycles. The molecule has 8 nitrogen and oxygen atoms in total. The molecular formula is C19H23N3O5S. The number of anilines is 2. The van der Waals surface area contributed by atoms with Gasteiger partial charge in [0, 0.05) is 18.3 Å². The highest BCUT2D eigenvalue weighted by molar-refractivity contribution is 7.89. The zero-order valence-electron chi connectivity index (χ0n) is 16.1. The molecule has 0 bridgehead atoms. The third-order valence-electron chi connectivity index (χ3n) is 3.78. The first-order valence-electron chi connectivity index (χ1n) is 8.48. The molecule has 2 rings (SSSR count). The third-order valence-corrected chi connectivity index (χ3v) is 5.35. The molecule has 0 unspecified atom stereocenters. The Labute approximate surface area is 164 Å². The lowest BCUT2D eigenvalue weighted by Crippen LogP contribution is -2.41. The van der Waals surface area contributed by atoms with Crippen LogP contribution in [0.4, 0.5) is 11.4 Å². The SMILES string of the molecule is COc1ccc(C)cc1S(=O)(=O)N[C@@H](C)C(=O)Nc1cccc(NC(C)=O)c1. The van der Waals surface area contributed by atoms with Gasteiger partial charge in [-0.05, 0) is 49.7 Å². The number of nitrogens with one attached hydrogen (secondary N) is 3. The second-order valence-electron chi connectivity index (χ2n) is 6.25. The Balaban J connectivity index is 2.14. The van der Waals surface area contributed by atoms with E-state index in [0.717, 1.165) is 5.56 Å². The van der Waals surface area contributed by atoms with E-state index in [-0.39, 0.29) is 16.6 Å². The number of carbonyl (C=O) groups excluding carboxylic acids is 2. The van der Waals surface area contributed by atoms with Crippen LogP contribution < -0.4 is 20.1 Å². The van der Waals surface area contributed by atoms with Crippen LogP contribution in [0, 0.1) is 6.92 Å². The highest BCUT2D eigenvalue weighted by Gasteiger charge is 2.25. The van der Waals surface area contributed by atoms with Crippen LogP contribution in [0.5, 0.6) is 5.75 Å². The van der Waals surface area contributed by atoms with Crippen molar-refractivity contribution in [2.45, 2.75) is 31.7 Å². The Morgan fingerprint density at radius 2 is 1.68 bits per heavy atom. The minimum absolute atomic E-state index is 0.0395. The van der Waals surface area contributed by atoms with Gasteiger partial charge >= 0.3 is 0 Å². The normalized spacial score (nSPS) is 12.1. The van der Waals surface area contributed by atoms with Crippen molar-refractivity contribution >= 4 is 33.2 Å². The summed E-state index contributed by atoms with van der Waals surface area (Å²) in [6.45, 7) is 4.57. The molecule has 0 heterocycles. The largest absolute Gasteiger partial charge is 0.495 e. The quantitative estimate of drug-likeness (QED) is 0.654. The summed E-state index contributed by atoms with van der Waals surface area (Å²) in [4.78, 5) is 23.5. The van der Waals surface area contributed by atoms with Crippen molar-refractivity contribution in [2.75, 3.05) is 17.7 Å². The highest BCUT2D eigenvalue weighted by atomic mass is 32.2. The van der Waals surface area contributed by atoms with Gasteiger partial charge in [-0.25, -0.2) is 8.42 Å². The number of methoxy groups -OCH3 is 1. The second kappa shape index (κ2) is 8.85. The molecule has 2 aromatic rings. The lowest BCUT2D eigenvalue weighted by atomic mass is 10.2. The van der Waals surface area contributed by atoms with E-state index in [1.165, 1.54) is 27.0 Å². The fraction of sp³-hybridized carbons (Fsp3) is 0.263. The zero-order valence-corrected chi connectivity index (χ0v) is 16.9. The van der Waals surface area contributed by atoms with Crippen LogP contribution in [0.2, 0.25) is 0 Å². The van der Waals surface area contributed by atoms with Gasteiger partial charge in [-0.1, -0.05) is 12.1 Å². The Kier molecular flexibility index (Phi) is 6.76. The number of aryl methyl sites for hydroxylation is 1.